The highest BCUT2D eigenvalue weighted by atomic mass is 35.5. The van der Waals surface area contributed by atoms with Crippen molar-refractivity contribution in [1.29, 1.82) is 0 Å². The Hall–Kier alpha value is -0.600. The minimum Gasteiger partial charge on any atom is -0.504 e. The van der Waals surface area contributed by atoms with Crippen LogP contribution in [0.4, 0.5) is 5.69 Å². The maximum absolute atomic E-state index is 10.0. The molecule has 0 spiro atoms. The van der Waals surface area contributed by atoms with Gasteiger partial charge in [-0.05, 0) is 37.3 Å². The fourth-order valence-electron chi connectivity index (χ4n) is 1.99. The lowest BCUT2D eigenvalue weighted by Gasteiger charge is -2.25. The average molecular weight is 274 g/mol. The third-order valence-electron chi connectivity index (χ3n) is 3.02. The Labute approximate surface area is 112 Å². The van der Waals surface area contributed by atoms with Gasteiger partial charge in [-0.2, -0.15) is 0 Å². The molecule has 0 unspecified atom stereocenters. The molecular formula is C13H17Cl2NO. The summed E-state index contributed by atoms with van der Waals surface area (Å²) in [4.78, 5) is 2.19. The van der Waals surface area contributed by atoms with Gasteiger partial charge in [0.25, 0.3) is 0 Å². The Morgan fingerprint density at radius 1 is 1.35 bits per heavy atom. The molecule has 0 saturated heterocycles. The molecule has 1 fully saturated rings. The van der Waals surface area contributed by atoms with Crippen molar-refractivity contribution in [1.82, 2.24) is 0 Å². The second-order valence-electron chi connectivity index (χ2n) is 4.64. The van der Waals surface area contributed by atoms with Gasteiger partial charge in [-0.3, -0.25) is 0 Å². The highest BCUT2D eigenvalue weighted by Gasteiger charge is 2.25. The number of benzene rings is 1. The Kier molecular flexibility index (Phi) is 4.05. The number of hydrogen-bond acceptors (Lipinski definition) is 2. The molecule has 0 atom stereocenters. The van der Waals surface area contributed by atoms with Crippen LogP contribution in [0.25, 0.3) is 0 Å². The van der Waals surface area contributed by atoms with Crippen molar-refractivity contribution < 1.29 is 5.11 Å². The molecule has 1 saturated carbocycles. The van der Waals surface area contributed by atoms with E-state index in [1.165, 1.54) is 12.8 Å². The molecule has 94 valence electrons. The van der Waals surface area contributed by atoms with Gasteiger partial charge in [-0.25, -0.2) is 0 Å². The number of hydrogen-bond donors (Lipinski definition) is 1. The summed E-state index contributed by atoms with van der Waals surface area (Å²) in [7, 11) is 0. The maximum Gasteiger partial charge on any atom is 0.157 e. The van der Waals surface area contributed by atoms with Crippen LogP contribution in [0.3, 0.4) is 0 Å². The molecule has 17 heavy (non-hydrogen) atoms. The van der Waals surface area contributed by atoms with E-state index in [0.29, 0.717) is 10.0 Å². The monoisotopic (exact) mass is 273 g/mol. The molecule has 0 radical (unpaired) electrons. The summed E-state index contributed by atoms with van der Waals surface area (Å²) in [5.74, 6) is 0.906. The summed E-state index contributed by atoms with van der Waals surface area (Å²) < 4.78 is 0. The second-order valence-corrected chi connectivity index (χ2v) is 5.49. The Bertz CT molecular complexity index is 405. The summed E-state index contributed by atoms with van der Waals surface area (Å²) in [5.41, 5.74) is 0.760. The zero-order valence-corrected chi connectivity index (χ0v) is 11.4. The first-order chi connectivity index (χ1) is 8.11. The molecule has 0 amide bonds. The van der Waals surface area contributed by atoms with Gasteiger partial charge in [0.15, 0.2) is 5.75 Å². The van der Waals surface area contributed by atoms with E-state index in [9.17, 15) is 5.11 Å². The number of halogens is 2. The molecule has 1 N–H and O–H groups in total. The van der Waals surface area contributed by atoms with Crippen LogP contribution >= 0.6 is 23.2 Å². The van der Waals surface area contributed by atoms with Gasteiger partial charge in [-0.1, -0.05) is 30.1 Å². The van der Waals surface area contributed by atoms with Crippen molar-refractivity contribution in [2.45, 2.75) is 26.2 Å². The van der Waals surface area contributed by atoms with Crippen molar-refractivity contribution in [3.63, 3.8) is 0 Å². The molecule has 0 aromatic heterocycles. The molecule has 0 bridgehead atoms. The summed E-state index contributed by atoms with van der Waals surface area (Å²) in [5, 5.41) is 10.9. The van der Waals surface area contributed by atoms with Crippen molar-refractivity contribution in [3.8, 4) is 5.75 Å². The van der Waals surface area contributed by atoms with Crippen molar-refractivity contribution in [3.05, 3.63) is 22.2 Å². The Morgan fingerprint density at radius 3 is 2.65 bits per heavy atom. The lowest BCUT2D eigenvalue weighted by Crippen LogP contribution is -2.26. The van der Waals surface area contributed by atoms with Gasteiger partial charge in [0.2, 0.25) is 0 Å². The molecule has 1 aromatic carbocycles. The second kappa shape index (κ2) is 5.36. The first-order valence-electron chi connectivity index (χ1n) is 6.04. The zero-order chi connectivity index (χ0) is 12.4. The molecular weight excluding hydrogens is 257 g/mol. The summed E-state index contributed by atoms with van der Waals surface area (Å²) >= 11 is 12.0. The molecule has 2 nitrogen and oxygen atoms in total. The highest BCUT2D eigenvalue weighted by molar-refractivity contribution is 6.36. The first kappa shape index (κ1) is 12.8. The maximum atomic E-state index is 10.0. The third-order valence-corrected chi connectivity index (χ3v) is 3.52. The van der Waals surface area contributed by atoms with E-state index >= 15 is 0 Å². The molecule has 1 aliphatic rings. The fourth-order valence-corrected chi connectivity index (χ4v) is 2.47. The van der Waals surface area contributed by atoms with Crippen LogP contribution in [-0.4, -0.2) is 18.2 Å². The van der Waals surface area contributed by atoms with Crippen LogP contribution in [0.15, 0.2) is 12.1 Å². The molecule has 4 heteroatoms. The molecule has 1 aromatic rings. The van der Waals surface area contributed by atoms with E-state index in [0.717, 1.165) is 31.1 Å². The normalized spacial score (nSPS) is 15.0. The van der Waals surface area contributed by atoms with Crippen LogP contribution in [-0.2, 0) is 0 Å². The lowest BCUT2D eigenvalue weighted by atomic mass is 10.2. The van der Waals surface area contributed by atoms with E-state index in [-0.39, 0.29) is 5.75 Å². The van der Waals surface area contributed by atoms with Crippen LogP contribution in [0.1, 0.15) is 26.2 Å². The predicted octanol–water partition coefficient (Wildman–Crippen LogP) is 4.33. The van der Waals surface area contributed by atoms with Crippen molar-refractivity contribution >= 4 is 28.9 Å². The largest absolute Gasteiger partial charge is 0.504 e. The van der Waals surface area contributed by atoms with Crippen molar-refractivity contribution in [2.24, 2.45) is 5.92 Å². The SMILES string of the molecule is CCCN(CC1CC1)c1cc(Cl)cc(Cl)c1O. The molecule has 1 aliphatic carbocycles. The number of nitrogens with zero attached hydrogens (tertiary/aromatic N) is 1. The van der Waals surface area contributed by atoms with E-state index in [1.54, 1.807) is 12.1 Å². The van der Waals surface area contributed by atoms with Gasteiger partial charge in [0, 0.05) is 18.1 Å². The summed E-state index contributed by atoms with van der Waals surface area (Å²) in [6.07, 6.45) is 3.61. The minimum atomic E-state index is 0.144. The van der Waals surface area contributed by atoms with E-state index in [4.69, 9.17) is 23.2 Å². The topological polar surface area (TPSA) is 23.5 Å². The van der Waals surface area contributed by atoms with Gasteiger partial charge < -0.3 is 10.0 Å². The number of phenols is 1. The number of phenolic OH excluding ortho intramolecular Hbond substituents is 1. The zero-order valence-electron chi connectivity index (χ0n) is 9.92. The lowest BCUT2D eigenvalue weighted by molar-refractivity contribution is 0.473. The number of aromatic hydroxyl groups is 1. The summed E-state index contributed by atoms with van der Waals surface area (Å²) in [6.45, 7) is 4.03. The van der Waals surface area contributed by atoms with Gasteiger partial charge in [0.1, 0.15) is 0 Å². The third kappa shape index (κ3) is 3.20. The van der Waals surface area contributed by atoms with Gasteiger partial charge in [0.05, 0.1) is 10.7 Å². The minimum absolute atomic E-state index is 0.144. The van der Waals surface area contributed by atoms with Crippen LogP contribution in [0, 0.1) is 5.92 Å². The van der Waals surface area contributed by atoms with Crippen LogP contribution in [0.5, 0.6) is 5.75 Å². The Morgan fingerprint density at radius 2 is 2.06 bits per heavy atom. The molecule has 0 heterocycles. The summed E-state index contributed by atoms with van der Waals surface area (Å²) in [6, 6.07) is 3.37. The smallest absolute Gasteiger partial charge is 0.157 e. The van der Waals surface area contributed by atoms with Crippen LogP contribution in [0.2, 0.25) is 10.0 Å². The van der Waals surface area contributed by atoms with E-state index < -0.39 is 0 Å². The van der Waals surface area contributed by atoms with Gasteiger partial charge >= 0.3 is 0 Å². The average Bonchev–Trinajstić information content (AvgIpc) is 3.07. The highest BCUT2D eigenvalue weighted by Crippen LogP contribution is 2.39. The van der Waals surface area contributed by atoms with Gasteiger partial charge in [-0.15, -0.1) is 0 Å². The fraction of sp³-hybridized carbons (Fsp3) is 0.538. The number of rotatable bonds is 5. The van der Waals surface area contributed by atoms with E-state index in [1.807, 2.05) is 0 Å². The van der Waals surface area contributed by atoms with Crippen LogP contribution < -0.4 is 4.90 Å². The standard InChI is InChI=1S/C13H17Cl2NO/c1-2-5-16(8-9-3-4-9)12-7-10(14)6-11(15)13(12)17/h6-7,9,17H,2-5,8H2,1H3. The Balaban J connectivity index is 2.26. The predicted molar refractivity (Wildman–Crippen MR) is 73.4 cm³/mol. The molecule has 0 aliphatic heterocycles. The number of anilines is 1. The quantitative estimate of drug-likeness (QED) is 0.864. The molecule has 2 rings (SSSR count). The van der Waals surface area contributed by atoms with Crippen molar-refractivity contribution in [2.75, 3.05) is 18.0 Å². The first-order valence-corrected chi connectivity index (χ1v) is 6.80. The van der Waals surface area contributed by atoms with E-state index in [2.05, 4.69) is 11.8 Å².